The molecule has 2 aliphatic carbocycles. The van der Waals surface area contributed by atoms with E-state index >= 15 is 0 Å². The third kappa shape index (κ3) is 5.50. The van der Waals surface area contributed by atoms with E-state index in [2.05, 4.69) is 43.7 Å². The van der Waals surface area contributed by atoms with Gasteiger partial charge in [0.25, 0.3) is 0 Å². The van der Waals surface area contributed by atoms with Crippen LogP contribution in [0.15, 0.2) is 97.1 Å². The van der Waals surface area contributed by atoms with E-state index in [0.29, 0.717) is 11.1 Å². The Labute approximate surface area is 332 Å². The van der Waals surface area contributed by atoms with Gasteiger partial charge >= 0.3 is 0 Å². The Morgan fingerprint density at radius 1 is 0.483 bits per heavy atom. The Morgan fingerprint density at radius 3 is 1.48 bits per heavy atom. The summed E-state index contributed by atoms with van der Waals surface area (Å²) in [5.41, 5.74) is 1.50. The number of nitrogens with zero attached hydrogens (tertiary/aromatic N) is 10. The summed E-state index contributed by atoms with van der Waals surface area (Å²) < 4.78 is 0. The van der Waals surface area contributed by atoms with Gasteiger partial charge in [0, 0.05) is 11.1 Å². The number of benzene rings is 5. The fourth-order valence-corrected chi connectivity index (χ4v) is 7.49. The minimum Gasteiger partial charge on any atom is -0.239 e. The molecule has 258 valence electrons. The largest absolute Gasteiger partial charge is 0.239 e. The smallest absolute Gasteiger partial charge is 0.204 e. The number of allylic oxidation sites excluding steroid dienone is 6. The van der Waals surface area contributed by atoms with Crippen LogP contribution < -0.4 is 0 Å². The highest BCUT2D eigenvalue weighted by Gasteiger charge is 2.43. The van der Waals surface area contributed by atoms with Crippen LogP contribution in [0.1, 0.15) is 66.8 Å². The van der Waals surface area contributed by atoms with Crippen LogP contribution in [-0.2, 0) is 0 Å². The molecule has 0 saturated heterocycles. The van der Waals surface area contributed by atoms with E-state index in [0.717, 1.165) is 0 Å². The standard InChI is InChI=1S/C48H16N10/c1-55-33-18-31(19-34(20-33)56-2)35(23-51)42-40(30-13-9-6-10-14-30)48(58-4)45-38(26-54)43-41(37(25-53)44(42)45)36(24-52)39(29-11-7-5-8-12-29)46(43)47(57-3)32-16-27(21-49)15-28(17-32)22-50/h5-20H/b42-35+,47-46-. The van der Waals surface area contributed by atoms with Crippen LogP contribution in [0.25, 0.3) is 64.2 Å². The number of nitriles is 6. The van der Waals surface area contributed by atoms with Gasteiger partial charge in [0.2, 0.25) is 11.4 Å². The van der Waals surface area contributed by atoms with Gasteiger partial charge in [-0.05, 0) is 73.9 Å². The molecule has 0 bridgehead atoms. The SMILES string of the molecule is [C-]#[N+]C1=C(c2ccccc2)/C(=C(/C#N)c2cc([N+]#[C-])cc([N+]#[C-])c2)c2c(C#N)c3c(c(C#N)c21)/C(=C(\[N+]#[C-])c1cc(C#N)cc(C#N)c1)C(c1ccccc1)=C3C#N. The van der Waals surface area contributed by atoms with Crippen molar-refractivity contribution < 1.29 is 0 Å². The molecule has 0 aromatic heterocycles. The predicted octanol–water partition coefficient (Wildman–Crippen LogP) is 10.7. The first-order chi connectivity index (χ1) is 28.4. The van der Waals surface area contributed by atoms with Crippen LogP contribution in [0.4, 0.5) is 11.4 Å². The molecule has 0 radical (unpaired) electrons. The van der Waals surface area contributed by atoms with Gasteiger partial charge in [-0.1, -0.05) is 78.9 Å². The lowest BCUT2D eigenvalue weighted by Gasteiger charge is -2.18. The third-order valence-corrected chi connectivity index (χ3v) is 9.67. The van der Waals surface area contributed by atoms with Gasteiger partial charge in [-0.15, -0.1) is 0 Å². The Balaban J connectivity index is 1.79. The van der Waals surface area contributed by atoms with E-state index in [-0.39, 0.29) is 112 Å². The topological polar surface area (TPSA) is 160 Å². The van der Waals surface area contributed by atoms with E-state index in [9.17, 15) is 31.6 Å². The minimum absolute atomic E-state index is 0.00180. The quantitative estimate of drug-likeness (QED) is 0.132. The molecule has 0 saturated carbocycles. The normalized spacial score (nSPS) is 13.6. The van der Waals surface area contributed by atoms with Crippen molar-refractivity contribution in [2.75, 3.05) is 0 Å². The van der Waals surface area contributed by atoms with E-state index in [4.69, 9.17) is 26.3 Å². The van der Waals surface area contributed by atoms with Crippen LogP contribution in [0.5, 0.6) is 0 Å². The maximum atomic E-state index is 11.3. The van der Waals surface area contributed by atoms with E-state index in [1.165, 1.54) is 36.4 Å². The Kier molecular flexibility index (Phi) is 9.25. The number of hydrogen-bond donors (Lipinski definition) is 0. The summed E-state index contributed by atoms with van der Waals surface area (Å²) in [7, 11) is 0. The molecule has 58 heavy (non-hydrogen) atoms. The molecule has 0 atom stereocenters. The maximum absolute atomic E-state index is 11.3. The summed E-state index contributed by atoms with van der Waals surface area (Å²) in [6, 6.07) is 38.6. The van der Waals surface area contributed by atoms with Crippen LogP contribution in [0.2, 0.25) is 0 Å². The van der Waals surface area contributed by atoms with Crippen LogP contribution in [-0.4, -0.2) is 0 Å². The molecule has 0 heterocycles. The molecule has 0 aliphatic heterocycles. The van der Waals surface area contributed by atoms with E-state index in [1.54, 1.807) is 60.7 Å². The number of rotatable bonds is 4. The molecular weight excluding hydrogens is 717 g/mol. The fraction of sp³-hybridized carbons (Fsp3) is 0. The molecule has 7 rings (SSSR count). The zero-order valence-electron chi connectivity index (χ0n) is 29.7. The van der Waals surface area contributed by atoms with Crippen molar-refractivity contribution >= 4 is 56.2 Å². The van der Waals surface area contributed by atoms with Gasteiger partial charge in [0.15, 0.2) is 11.4 Å². The Morgan fingerprint density at radius 2 is 1.02 bits per heavy atom. The molecule has 0 unspecified atom stereocenters. The molecule has 10 heteroatoms. The van der Waals surface area contributed by atoms with Gasteiger partial charge in [0.1, 0.15) is 18.2 Å². The lowest BCUT2D eigenvalue weighted by molar-refractivity contribution is 1.38. The lowest BCUT2D eigenvalue weighted by atomic mass is 9.82. The first kappa shape index (κ1) is 36.3. The van der Waals surface area contributed by atoms with Crippen molar-refractivity contribution in [3.8, 4) is 36.4 Å². The number of fused-ring (bicyclic) bond motifs is 2. The second-order valence-corrected chi connectivity index (χ2v) is 12.6. The van der Waals surface area contributed by atoms with Crippen molar-refractivity contribution in [3.05, 3.63) is 209 Å². The summed E-state index contributed by atoms with van der Waals surface area (Å²) in [5, 5.41) is 64.3. The summed E-state index contributed by atoms with van der Waals surface area (Å²) in [5.74, 6) is 0. The van der Waals surface area contributed by atoms with Gasteiger partial charge in [-0.25, -0.2) is 19.4 Å². The highest BCUT2D eigenvalue weighted by molar-refractivity contribution is 6.35. The molecule has 10 nitrogen and oxygen atoms in total. The Hall–Kier alpha value is -10.0. The van der Waals surface area contributed by atoms with Gasteiger partial charge in [-0.2, -0.15) is 31.6 Å². The highest BCUT2D eigenvalue weighted by atomic mass is 14.7. The van der Waals surface area contributed by atoms with Crippen LogP contribution >= 0.6 is 0 Å². The molecule has 0 fully saturated rings. The maximum Gasteiger partial charge on any atom is 0.204 e. The summed E-state index contributed by atoms with van der Waals surface area (Å²) in [4.78, 5) is 14.8. The van der Waals surface area contributed by atoms with Crippen LogP contribution in [0.3, 0.4) is 0 Å². The molecule has 2 aliphatic rings. The third-order valence-electron chi connectivity index (χ3n) is 9.67. The van der Waals surface area contributed by atoms with Gasteiger partial charge in [-0.3, -0.25) is 0 Å². The second-order valence-electron chi connectivity index (χ2n) is 12.6. The molecule has 0 amide bonds. The summed E-state index contributed by atoms with van der Waals surface area (Å²) in [6.07, 6.45) is 0. The van der Waals surface area contributed by atoms with Crippen molar-refractivity contribution in [2.45, 2.75) is 0 Å². The molecule has 0 spiro atoms. The van der Waals surface area contributed by atoms with Crippen molar-refractivity contribution in [2.24, 2.45) is 0 Å². The average Bonchev–Trinajstić information content (AvgIpc) is 3.79. The number of hydrogen-bond acceptors (Lipinski definition) is 6. The zero-order chi connectivity index (χ0) is 41.1. The monoisotopic (exact) mass is 732 g/mol. The van der Waals surface area contributed by atoms with Crippen molar-refractivity contribution in [1.82, 2.24) is 0 Å². The van der Waals surface area contributed by atoms with E-state index < -0.39 is 0 Å². The van der Waals surface area contributed by atoms with Crippen LogP contribution in [0, 0.1) is 94.3 Å². The molecule has 0 N–H and O–H groups in total. The molecular formula is C48H16N10. The van der Waals surface area contributed by atoms with Gasteiger partial charge < -0.3 is 0 Å². The minimum atomic E-state index is -0.154. The van der Waals surface area contributed by atoms with Gasteiger partial charge in [0.05, 0.1) is 77.9 Å². The summed E-state index contributed by atoms with van der Waals surface area (Å²) >= 11 is 0. The Bertz CT molecular complexity index is 3020. The average molecular weight is 733 g/mol. The van der Waals surface area contributed by atoms with Crippen molar-refractivity contribution in [3.63, 3.8) is 0 Å². The zero-order valence-corrected chi connectivity index (χ0v) is 29.7. The molecule has 5 aromatic rings. The first-order valence-corrected chi connectivity index (χ1v) is 16.9. The van der Waals surface area contributed by atoms with E-state index in [1.807, 2.05) is 12.1 Å². The second kappa shape index (κ2) is 14.8. The molecule has 5 aromatic carbocycles. The lowest BCUT2D eigenvalue weighted by Crippen LogP contribution is -2.05. The first-order valence-electron chi connectivity index (χ1n) is 16.9. The highest BCUT2D eigenvalue weighted by Crippen LogP contribution is 2.59. The fourth-order valence-electron chi connectivity index (χ4n) is 7.49. The van der Waals surface area contributed by atoms with Crippen molar-refractivity contribution in [1.29, 1.82) is 31.6 Å². The summed E-state index contributed by atoms with van der Waals surface area (Å²) in [6.45, 7) is 32.5. The predicted molar refractivity (Wildman–Crippen MR) is 215 cm³/mol.